The average molecular weight is 315 g/mol. The van der Waals surface area contributed by atoms with Crippen LogP contribution in [0.5, 0.6) is 5.75 Å². The molecule has 1 atom stereocenters. The van der Waals surface area contributed by atoms with E-state index in [-0.39, 0.29) is 12.1 Å². The van der Waals surface area contributed by atoms with Gasteiger partial charge in [0.2, 0.25) is 0 Å². The van der Waals surface area contributed by atoms with Gasteiger partial charge in [0.15, 0.2) is 6.23 Å². The molecule has 24 heavy (non-hydrogen) atoms. The maximum Gasteiger partial charge on any atom is 0.254 e. The van der Waals surface area contributed by atoms with E-state index in [2.05, 4.69) is 5.32 Å². The van der Waals surface area contributed by atoms with Crippen molar-refractivity contribution >= 4 is 5.91 Å². The van der Waals surface area contributed by atoms with E-state index >= 15 is 0 Å². The molecule has 1 N–H and O–H groups in total. The van der Waals surface area contributed by atoms with Gasteiger partial charge in [0.1, 0.15) is 5.75 Å². The number of rotatable bonds is 3. The lowest BCUT2D eigenvalue weighted by atomic mass is 9.99. The molecule has 3 nitrogen and oxygen atoms in total. The predicted molar refractivity (Wildman–Crippen MR) is 93.9 cm³/mol. The molecule has 3 aromatic rings. The number of benzene rings is 3. The van der Waals surface area contributed by atoms with Crippen molar-refractivity contribution in [2.45, 2.75) is 12.6 Å². The van der Waals surface area contributed by atoms with Crippen LogP contribution in [0.15, 0.2) is 78.9 Å². The minimum absolute atomic E-state index is 0.118. The van der Waals surface area contributed by atoms with Gasteiger partial charge in [-0.15, -0.1) is 0 Å². The molecule has 0 saturated carbocycles. The average Bonchev–Trinajstić information content (AvgIpc) is 3.04. The van der Waals surface area contributed by atoms with Crippen molar-refractivity contribution < 1.29 is 9.53 Å². The second kappa shape index (κ2) is 6.20. The lowest BCUT2D eigenvalue weighted by Crippen LogP contribution is -2.38. The summed E-state index contributed by atoms with van der Waals surface area (Å²) in [7, 11) is 0. The Morgan fingerprint density at radius 2 is 1.58 bits per heavy atom. The fourth-order valence-electron chi connectivity index (χ4n) is 3.04. The van der Waals surface area contributed by atoms with Gasteiger partial charge < -0.3 is 10.1 Å². The number of nitrogens with one attached hydrogen (secondary N) is 1. The highest BCUT2D eigenvalue weighted by atomic mass is 16.5. The van der Waals surface area contributed by atoms with Gasteiger partial charge in [0.05, 0.1) is 0 Å². The summed E-state index contributed by atoms with van der Waals surface area (Å²) in [5.74, 6) is 0.728. The van der Waals surface area contributed by atoms with Crippen LogP contribution in [0.2, 0.25) is 0 Å². The Balaban J connectivity index is 1.56. The summed E-state index contributed by atoms with van der Waals surface area (Å²) in [5.41, 5.74) is 3.73. The van der Waals surface area contributed by atoms with Crippen LogP contribution in [0, 0.1) is 0 Å². The largest absolute Gasteiger partial charge is 0.470 e. The van der Waals surface area contributed by atoms with Crippen molar-refractivity contribution in [3.63, 3.8) is 0 Å². The summed E-state index contributed by atoms with van der Waals surface area (Å²) >= 11 is 0. The Morgan fingerprint density at radius 3 is 2.42 bits per heavy atom. The fraction of sp³-hybridized carbons (Fsp3) is 0.0952. The summed E-state index contributed by atoms with van der Waals surface area (Å²) in [6.07, 6.45) is 0.369. The molecule has 0 aliphatic carbocycles. The molecule has 0 saturated heterocycles. The first kappa shape index (κ1) is 14.5. The van der Waals surface area contributed by atoms with Crippen molar-refractivity contribution in [2.24, 2.45) is 0 Å². The second-order valence-corrected chi connectivity index (χ2v) is 5.80. The van der Waals surface area contributed by atoms with Crippen LogP contribution in [0.1, 0.15) is 15.9 Å². The van der Waals surface area contributed by atoms with E-state index in [4.69, 9.17) is 4.74 Å². The first-order valence-corrected chi connectivity index (χ1v) is 8.01. The minimum atomic E-state index is -0.321. The van der Waals surface area contributed by atoms with Crippen molar-refractivity contribution in [1.82, 2.24) is 5.32 Å². The molecule has 1 unspecified atom stereocenters. The van der Waals surface area contributed by atoms with Crippen LogP contribution in [-0.4, -0.2) is 12.1 Å². The summed E-state index contributed by atoms with van der Waals surface area (Å²) in [6, 6.07) is 25.4. The van der Waals surface area contributed by atoms with Gasteiger partial charge in [-0.1, -0.05) is 66.7 Å². The maximum absolute atomic E-state index is 12.8. The summed E-state index contributed by atoms with van der Waals surface area (Å²) in [4.78, 5) is 12.8. The third-order valence-electron chi connectivity index (χ3n) is 4.20. The van der Waals surface area contributed by atoms with Crippen molar-refractivity contribution in [1.29, 1.82) is 0 Å². The van der Waals surface area contributed by atoms with E-state index in [1.165, 1.54) is 0 Å². The number of hydrogen-bond acceptors (Lipinski definition) is 2. The molecule has 3 heteroatoms. The van der Waals surface area contributed by atoms with E-state index in [0.717, 1.165) is 22.4 Å². The highest BCUT2D eigenvalue weighted by Gasteiger charge is 2.25. The Bertz CT molecular complexity index is 849. The normalized spacial score (nSPS) is 15.4. The van der Waals surface area contributed by atoms with E-state index in [0.29, 0.717) is 12.0 Å². The molecule has 4 rings (SSSR count). The molecule has 1 amide bonds. The standard InChI is InChI=1S/C21H17NO2/c23-21(22-20-14-16-10-4-7-13-19(16)24-20)18-12-6-5-11-17(18)15-8-2-1-3-9-15/h1-13,20H,14H2,(H,22,23). The highest BCUT2D eigenvalue weighted by Crippen LogP contribution is 2.28. The Hall–Kier alpha value is -3.07. The smallest absolute Gasteiger partial charge is 0.254 e. The monoisotopic (exact) mass is 315 g/mol. The molecule has 118 valence electrons. The molecule has 1 aliphatic rings. The predicted octanol–water partition coefficient (Wildman–Crippen LogP) is 4.04. The molecule has 0 bridgehead atoms. The van der Waals surface area contributed by atoms with Crippen LogP contribution in [0.25, 0.3) is 11.1 Å². The molecule has 0 aromatic heterocycles. The van der Waals surface area contributed by atoms with Crippen LogP contribution in [0.4, 0.5) is 0 Å². The first-order valence-electron chi connectivity index (χ1n) is 8.01. The quantitative estimate of drug-likeness (QED) is 0.792. The zero-order valence-electron chi connectivity index (χ0n) is 13.1. The number of amides is 1. The van der Waals surface area contributed by atoms with Gasteiger partial charge in [-0.2, -0.15) is 0 Å². The molecule has 3 aromatic carbocycles. The van der Waals surface area contributed by atoms with Crippen LogP contribution >= 0.6 is 0 Å². The number of ether oxygens (including phenoxy) is 1. The van der Waals surface area contributed by atoms with Crippen molar-refractivity contribution in [3.8, 4) is 16.9 Å². The number of hydrogen-bond donors (Lipinski definition) is 1. The summed E-state index contributed by atoms with van der Waals surface area (Å²) < 4.78 is 5.81. The molecule has 0 spiro atoms. The van der Waals surface area contributed by atoms with E-state index in [9.17, 15) is 4.79 Å². The minimum Gasteiger partial charge on any atom is -0.470 e. The van der Waals surface area contributed by atoms with Gasteiger partial charge >= 0.3 is 0 Å². The van der Waals surface area contributed by atoms with Gasteiger partial charge in [-0.3, -0.25) is 4.79 Å². The Labute approximate surface area is 140 Å². The molecular formula is C21H17NO2. The fourth-order valence-corrected chi connectivity index (χ4v) is 3.04. The van der Waals surface area contributed by atoms with Crippen LogP contribution in [0.3, 0.4) is 0 Å². The number of carbonyl (C=O) groups excluding carboxylic acids is 1. The topological polar surface area (TPSA) is 38.3 Å². The van der Waals surface area contributed by atoms with Crippen molar-refractivity contribution in [2.75, 3.05) is 0 Å². The van der Waals surface area contributed by atoms with E-state index in [1.54, 1.807) is 0 Å². The van der Waals surface area contributed by atoms with Gasteiger partial charge in [-0.25, -0.2) is 0 Å². The lowest BCUT2D eigenvalue weighted by Gasteiger charge is -2.15. The van der Waals surface area contributed by atoms with Crippen LogP contribution in [-0.2, 0) is 6.42 Å². The zero-order chi connectivity index (χ0) is 16.4. The number of carbonyl (C=O) groups is 1. The van der Waals surface area contributed by atoms with Gasteiger partial charge in [0.25, 0.3) is 5.91 Å². The number of para-hydroxylation sites is 1. The summed E-state index contributed by atoms with van der Waals surface area (Å²) in [6.45, 7) is 0. The second-order valence-electron chi connectivity index (χ2n) is 5.80. The lowest BCUT2D eigenvalue weighted by molar-refractivity contribution is 0.0857. The molecular weight excluding hydrogens is 298 g/mol. The van der Waals surface area contributed by atoms with E-state index in [1.807, 2.05) is 78.9 Å². The Kier molecular flexibility index (Phi) is 3.75. The van der Waals surface area contributed by atoms with Gasteiger partial charge in [-0.05, 0) is 28.8 Å². The Morgan fingerprint density at radius 1 is 0.875 bits per heavy atom. The summed E-state index contributed by atoms with van der Waals surface area (Å²) in [5, 5.41) is 2.99. The number of fused-ring (bicyclic) bond motifs is 1. The van der Waals surface area contributed by atoms with Crippen molar-refractivity contribution in [3.05, 3.63) is 90.0 Å². The third kappa shape index (κ3) is 2.76. The van der Waals surface area contributed by atoms with Gasteiger partial charge in [0, 0.05) is 12.0 Å². The SMILES string of the molecule is O=C(NC1Cc2ccccc2O1)c1ccccc1-c1ccccc1. The zero-order valence-corrected chi connectivity index (χ0v) is 13.1. The highest BCUT2D eigenvalue weighted by molar-refractivity contribution is 6.01. The third-order valence-corrected chi connectivity index (χ3v) is 4.20. The van der Waals surface area contributed by atoms with Crippen LogP contribution < -0.4 is 10.1 Å². The first-order chi connectivity index (χ1) is 11.8. The molecule has 1 heterocycles. The molecule has 1 aliphatic heterocycles. The maximum atomic E-state index is 12.8. The molecule has 0 fully saturated rings. The van der Waals surface area contributed by atoms with E-state index < -0.39 is 0 Å². The molecule has 0 radical (unpaired) electrons.